The van der Waals surface area contributed by atoms with Crippen molar-refractivity contribution in [3.8, 4) is 0 Å². The van der Waals surface area contributed by atoms with Crippen LogP contribution in [0.2, 0.25) is 0 Å². The van der Waals surface area contributed by atoms with Gasteiger partial charge in [0, 0.05) is 20.1 Å². The first-order chi connectivity index (χ1) is 8.49. The average molecular weight is 272 g/mol. The lowest BCUT2D eigenvalue weighted by Gasteiger charge is -2.15. The molecule has 1 aromatic rings. The van der Waals surface area contributed by atoms with E-state index in [9.17, 15) is 8.42 Å². The summed E-state index contributed by atoms with van der Waals surface area (Å²) in [6.45, 7) is 2.62. The van der Waals surface area contributed by atoms with Gasteiger partial charge in [-0.25, -0.2) is 4.72 Å². The monoisotopic (exact) mass is 272 g/mol. The third kappa shape index (κ3) is 4.38. The molecule has 0 aromatic heterocycles. The average Bonchev–Trinajstić information content (AvgIpc) is 2.38. The molecule has 0 amide bonds. The quantitative estimate of drug-likeness (QED) is 0.760. The minimum Gasteiger partial charge on any atom is -0.392 e. The van der Waals surface area contributed by atoms with Gasteiger partial charge in [-0.3, -0.25) is 0 Å². The fourth-order valence-corrected chi connectivity index (χ4v) is 2.34. The van der Waals surface area contributed by atoms with Gasteiger partial charge in [0.25, 0.3) is 10.2 Å². The second kappa shape index (κ2) is 6.84. The van der Waals surface area contributed by atoms with E-state index in [2.05, 4.69) is 4.72 Å². The van der Waals surface area contributed by atoms with E-state index in [0.29, 0.717) is 19.5 Å². The summed E-state index contributed by atoms with van der Waals surface area (Å²) in [5, 5.41) is 8.90. The zero-order valence-electron chi connectivity index (χ0n) is 10.8. The van der Waals surface area contributed by atoms with E-state index in [1.54, 1.807) is 14.0 Å². The summed E-state index contributed by atoms with van der Waals surface area (Å²) in [6.07, 6.45) is 0.627. The zero-order chi connectivity index (χ0) is 13.6. The van der Waals surface area contributed by atoms with Crippen molar-refractivity contribution in [2.45, 2.75) is 20.0 Å². The van der Waals surface area contributed by atoms with E-state index >= 15 is 0 Å². The van der Waals surface area contributed by atoms with Gasteiger partial charge in [0.15, 0.2) is 0 Å². The van der Waals surface area contributed by atoms with E-state index in [-0.39, 0.29) is 6.61 Å². The van der Waals surface area contributed by atoms with Crippen LogP contribution >= 0.6 is 0 Å². The molecule has 0 saturated carbocycles. The highest BCUT2D eigenvalue weighted by Gasteiger charge is 2.14. The van der Waals surface area contributed by atoms with Crippen LogP contribution in [0.3, 0.4) is 0 Å². The molecule has 0 spiro atoms. The maximum absolute atomic E-state index is 11.6. The lowest BCUT2D eigenvalue weighted by Crippen LogP contribution is -2.38. The Morgan fingerprint density at radius 3 is 2.28 bits per heavy atom. The standard InChI is InChI=1S/C12H20N2O3S/c1-3-14(2)18(16,17)13-9-8-11-4-6-12(10-15)7-5-11/h4-7,13,15H,3,8-10H2,1-2H3. The van der Waals surface area contributed by atoms with Crippen LogP contribution in [-0.4, -0.2) is 38.0 Å². The molecule has 5 nitrogen and oxygen atoms in total. The molecular weight excluding hydrogens is 252 g/mol. The number of nitrogens with one attached hydrogen (secondary N) is 1. The van der Waals surface area contributed by atoms with E-state index in [4.69, 9.17) is 5.11 Å². The first-order valence-corrected chi connectivity index (χ1v) is 7.33. The van der Waals surface area contributed by atoms with Gasteiger partial charge in [-0.05, 0) is 17.5 Å². The van der Waals surface area contributed by atoms with E-state index in [1.165, 1.54) is 4.31 Å². The smallest absolute Gasteiger partial charge is 0.279 e. The fourth-order valence-electron chi connectivity index (χ4n) is 1.42. The van der Waals surface area contributed by atoms with Crippen molar-refractivity contribution in [1.29, 1.82) is 0 Å². The van der Waals surface area contributed by atoms with Crippen LogP contribution in [-0.2, 0) is 23.2 Å². The molecule has 0 fully saturated rings. The summed E-state index contributed by atoms with van der Waals surface area (Å²) in [4.78, 5) is 0. The van der Waals surface area contributed by atoms with Crippen LogP contribution in [0.1, 0.15) is 18.1 Å². The molecule has 6 heteroatoms. The maximum Gasteiger partial charge on any atom is 0.279 e. The molecule has 1 rings (SSSR count). The molecule has 0 saturated heterocycles. The number of nitrogens with zero attached hydrogens (tertiary/aromatic N) is 1. The molecular formula is C12H20N2O3S. The topological polar surface area (TPSA) is 69.6 Å². The van der Waals surface area contributed by atoms with Crippen molar-refractivity contribution in [3.63, 3.8) is 0 Å². The number of rotatable bonds is 7. The largest absolute Gasteiger partial charge is 0.392 e. The van der Waals surface area contributed by atoms with Crippen LogP contribution in [0.15, 0.2) is 24.3 Å². The molecule has 0 atom stereocenters. The Balaban J connectivity index is 2.46. The molecule has 0 unspecified atom stereocenters. The van der Waals surface area contributed by atoms with E-state index in [0.717, 1.165) is 11.1 Å². The number of benzene rings is 1. The normalized spacial score (nSPS) is 12.0. The first-order valence-electron chi connectivity index (χ1n) is 5.89. The lowest BCUT2D eigenvalue weighted by atomic mass is 10.1. The van der Waals surface area contributed by atoms with Gasteiger partial charge in [0.1, 0.15) is 0 Å². The zero-order valence-corrected chi connectivity index (χ0v) is 11.6. The van der Waals surface area contributed by atoms with Crippen molar-refractivity contribution in [2.24, 2.45) is 0 Å². The summed E-state index contributed by atoms with van der Waals surface area (Å²) in [7, 11) is -1.81. The van der Waals surface area contributed by atoms with Crippen LogP contribution in [0.4, 0.5) is 0 Å². The molecule has 18 heavy (non-hydrogen) atoms. The summed E-state index contributed by atoms with van der Waals surface area (Å²) >= 11 is 0. The van der Waals surface area contributed by atoms with Crippen molar-refractivity contribution in [2.75, 3.05) is 20.1 Å². The van der Waals surface area contributed by atoms with Crippen LogP contribution in [0.25, 0.3) is 0 Å². The highest BCUT2D eigenvalue weighted by Crippen LogP contribution is 2.05. The maximum atomic E-state index is 11.6. The third-order valence-electron chi connectivity index (χ3n) is 2.76. The van der Waals surface area contributed by atoms with Crippen LogP contribution in [0.5, 0.6) is 0 Å². The molecule has 0 aliphatic rings. The van der Waals surface area contributed by atoms with Crippen LogP contribution < -0.4 is 4.72 Å². The molecule has 0 aliphatic carbocycles. The Kier molecular flexibility index (Phi) is 5.74. The number of hydrogen-bond donors (Lipinski definition) is 2. The Labute approximate surface area is 109 Å². The second-order valence-corrected chi connectivity index (χ2v) is 5.90. The first kappa shape index (κ1) is 15.1. The summed E-state index contributed by atoms with van der Waals surface area (Å²) < 4.78 is 27.1. The number of aliphatic hydroxyl groups excluding tert-OH is 1. The molecule has 1 aromatic carbocycles. The minimum absolute atomic E-state index is 0.0220. The van der Waals surface area contributed by atoms with E-state index in [1.807, 2.05) is 24.3 Å². The van der Waals surface area contributed by atoms with Gasteiger partial charge >= 0.3 is 0 Å². The summed E-state index contributed by atoms with van der Waals surface area (Å²) in [5.41, 5.74) is 1.89. The minimum atomic E-state index is -3.35. The lowest BCUT2D eigenvalue weighted by molar-refractivity contribution is 0.282. The molecule has 102 valence electrons. The summed E-state index contributed by atoms with van der Waals surface area (Å²) in [6, 6.07) is 7.46. The highest BCUT2D eigenvalue weighted by atomic mass is 32.2. The molecule has 0 aliphatic heterocycles. The number of hydrogen-bond acceptors (Lipinski definition) is 3. The van der Waals surface area contributed by atoms with Gasteiger partial charge in [0.05, 0.1) is 6.61 Å². The molecule has 2 N–H and O–H groups in total. The van der Waals surface area contributed by atoms with Crippen LogP contribution in [0, 0.1) is 0 Å². The van der Waals surface area contributed by atoms with E-state index < -0.39 is 10.2 Å². The van der Waals surface area contributed by atoms with Gasteiger partial charge in [-0.1, -0.05) is 31.2 Å². The SMILES string of the molecule is CCN(C)S(=O)(=O)NCCc1ccc(CO)cc1. The second-order valence-electron chi connectivity index (χ2n) is 4.04. The van der Waals surface area contributed by atoms with Gasteiger partial charge < -0.3 is 5.11 Å². The molecule has 0 bridgehead atoms. The Morgan fingerprint density at radius 1 is 1.22 bits per heavy atom. The Bertz CT molecular complexity index is 457. The predicted octanol–water partition coefficient (Wildman–Crippen LogP) is 0.507. The summed E-state index contributed by atoms with van der Waals surface area (Å²) in [5.74, 6) is 0. The highest BCUT2D eigenvalue weighted by molar-refractivity contribution is 7.87. The Hall–Kier alpha value is -0.950. The third-order valence-corrected chi connectivity index (χ3v) is 4.41. The molecule has 0 heterocycles. The van der Waals surface area contributed by atoms with Crippen molar-refractivity contribution in [3.05, 3.63) is 35.4 Å². The Morgan fingerprint density at radius 2 is 1.78 bits per heavy atom. The van der Waals surface area contributed by atoms with Gasteiger partial charge in [-0.2, -0.15) is 12.7 Å². The van der Waals surface area contributed by atoms with Gasteiger partial charge in [0.2, 0.25) is 0 Å². The van der Waals surface area contributed by atoms with Crippen molar-refractivity contribution in [1.82, 2.24) is 9.03 Å². The molecule has 0 radical (unpaired) electrons. The predicted molar refractivity (Wildman–Crippen MR) is 71.3 cm³/mol. The number of aliphatic hydroxyl groups is 1. The van der Waals surface area contributed by atoms with Crippen molar-refractivity contribution >= 4 is 10.2 Å². The fraction of sp³-hybridized carbons (Fsp3) is 0.500. The van der Waals surface area contributed by atoms with Crippen molar-refractivity contribution < 1.29 is 13.5 Å². The van der Waals surface area contributed by atoms with Gasteiger partial charge in [-0.15, -0.1) is 0 Å².